The average molecular weight is 198 g/mol. The van der Waals surface area contributed by atoms with E-state index in [1.54, 1.807) is 7.05 Å². The van der Waals surface area contributed by atoms with Crippen LogP contribution in [0, 0.1) is 0 Å². The van der Waals surface area contributed by atoms with Crippen LogP contribution >= 0.6 is 12.2 Å². The summed E-state index contributed by atoms with van der Waals surface area (Å²) in [4.78, 5) is 0.642. The van der Waals surface area contributed by atoms with E-state index in [2.05, 4.69) is 0 Å². The van der Waals surface area contributed by atoms with Crippen LogP contribution in [-0.4, -0.2) is 22.3 Å². The van der Waals surface area contributed by atoms with Gasteiger partial charge in [0.25, 0.3) is 0 Å². The van der Waals surface area contributed by atoms with Crippen molar-refractivity contribution in [3.63, 3.8) is 0 Å². The van der Waals surface area contributed by atoms with E-state index in [0.29, 0.717) is 4.99 Å². The molecule has 49 valence electrons. The summed E-state index contributed by atoms with van der Waals surface area (Å²) in [5.41, 5.74) is 0. The summed E-state index contributed by atoms with van der Waals surface area (Å²) < 4.78 is 0. The molecule has 0 radical (unpaired) electrons. The Labute approximate surface area is 70.9 Å². The van der Waals surface area contributed by atoms with Crippen LogP contribution in [0.3, 0.4) is 0 Å². The molecule has 0 aliphatic carbocycles. The van der Waals surface area contributed by atoms with Gasteiger partial charge in [-0.3, -0.25) is 0 Å². The van der Waals surface area contributed by atoms with Crippen molar-refractivity contribution < 1.29 is 23.5 Å². The van der Waals surface area contributed by atoms with E-state index in [-0.39, 0.29) is 0 Å². The number of hydrogen-bond donors (Lipinski definition) is 1. The summed E-state index contributed by atoms with van der Waals surface area (Å²) >= 11 is 6.15. The summed E-state index contributed by atoms with van der Waals surface area (Å²) in [6.07, 6.45) is 1.96. The normalized spacial score (nSPS) is 9.33. The summed E-state index contributed by atoms with van der Waals surface area (Å²) in [6.45, 7) is 0. The molecular formula is C5H10NOSZn. The fourth-order valence-corrected chi connectivity index (χ4v) is 1.11. The van der Waals surface area contributed by atoms with Crippen LogP contribution in [0.5, 0.6) is 0 Å². The van der Waals surface area contributed by atoms with Gasteiger partial charge in [-0.15, -0.1) is 0 Å². The Balaban J connectivity index is 3.28. The molecule has 0 spiro atoms. The van der Waals surface area contributed by atoms with Crippen molar-refractivity contribution in [2.45, 2.75) is 17.9 Å². The quantitative estimate of drug-likeness (QED) is 0.420. The van der Waals surface area contributed by atoms with Gasteiger partial charge in [-0.2, -0.15) is 0 Å². The molecule has 0 rings (SSSR count). The number of thiocarbonyl (C=S) groups is 1. The second-order valence-electron chi connectivity index (χ2n) is 1.87. The predicted molar refractivity (Wildman–Crippen MR) is 36.2 cm³/mol. The third kappa shape index (κ3) is 4.95. The molecule has 0 atom stereocenters. The van der Waals surface area contributed by atoms with Gasteiger partial charge >= 0.3 is 70.7 Å². The summed E-state index contributed by atoms with van der Waals surface area (Å²) in [7, 11) is 1.56. The first-order valence-corrected chi connectivity index (χ1v) is 5.43. The van der Waals surface area contributed by atoms with Crippen molar-refractivity contribution in [2.75, 3.05) is 7.05 Å². The molecule has 0 bridgehead atoms. The molecular weight excluding hydrogens is 188 g/mol. The van der Waals surface area contributed by atoms with Crippen molar-refractivity contribution in [1.82, 2.24) is 5.06 Å². The zero-order chi connectivity index (χ0) is 7.28. The zero-order valence-electron chi connectivity index (χ0n) is 5.63. The van der Waals surface area contributed by atoms with E-state index < -0.39 is 0 Å². The average Bonchev–Trinajstić information content (AvgIpc) is 1.82. The van der Waals surface area contributed by atoms with Gasteiger partial charge in [0.15, 0.2) is 0 Å². The molecule has 4 heteroatoms. The molecule has 0 fully saturated rings. The molecule has 0 aliphatic rings. The van der Waals surface area contributed by atoms with Gasteiger partial charge < -0.3 is 0 Å². The van der Waals surface area contributed by atoms with Crippen molar-refractivity contribution in [2.24, 2.45) is 0 Å². The first-order valence-electron chi connectivity index (χ1n) is 2.93. The van der Waals surface area contributed by atoms with E-state index in [1.165, 1.54) is 23.3 Å². The van der Waals surface area contributed by atoms with E-state index in [1.807, 2.05) is 0 Å². The standard InChI is InChI=1S/C5H10NOS.Zn/c1-3-4-5(8)6(2)7;/h7H,1,3-4H2,2H3;. The topological polar surface area (TPSA) is 23.5 Å². The van der Waals surface area contributed by atoms with Gasteiger partial charge in [0.05, 0.1) is 0 Å². The Morgan fingerprint density at radius 1 is 1.78 bits per heavy atom. The molecule has 0 heterocycles. The Morgan fingerprint density at radius 2 is 2.33 bits per heavy atom. The molecule has 0 saturated heterocycles. The van der Waals surface area contributed by atoms with Crippen molar-refractivity contribution in [3.8, 4) is 0 Å². The van der Waals surface area contributed by atoms with Crippen LogP contribution in [0.15, 0.2) is 0 Å². The van der Waals surface area contributed by atoms with Gasteiger partial charge in [0.1, 0.15) is 0 Å². The summed E-state index contributed by atoms with van der Waals surface area (Å²) in [6, 6.07) is 0. The monoisotopic (exact) mass is 196 g/mol. The van der Waals surface area contributed by atoms with Gasteiger partial charge in [-0.05, 0) is 0 Å². The summed E-state index contributed by atoms with van der Waals surface area (Å²) in [5, 5.41) is 11.0. The fraction of sp³-hybridized carbons (Fsp3) is 0.800. The Hall–Kier alpha value is 0.473. The number of rotatable bonds is 3. The first kappa shape index (κ1) is 9.47. The predicted octanol–water partition coefficient (Wildman–Crippen LogP) is 1.38. The zero-order valence-corrected chi connectivity index (χ0v) is 9.41. The van der Waals surface area contributed by atoms with Crippen LogP contribution in [-0.2, 0) is 18.3 Å². The Kier molecular flexibility index (Phi) is 5.55. The van der Waals surface area contributed by atoms with Gasteiger partial charge in [-0.25, -0.2) is 0 Å². The second kappa shape index (κ2) is 5.27. The molecule has 0 unspecified atom stereocenters. The molecule has 0 aromatic carbocycles. The Bertz CT molecular complexity index is 97.0. The van der Waals surface area contributed by atoms with Crippen LogP contribution < -0.4 is 0 Å². The molecule has 0 saturated carbocycles. The van der Waals surface area contributed by atoms with E-state index >= 15 is 0 Å². The van der Waals surface area contributed by atoms with Crippen LogP contribution in [0.2, 0.25) is 5.02 Å². The molecule has 9 heavy (non-hydrogen) atoms. The number of hydrogen-bond acceptors (Lipinski definition) is 2. The van der Waals surface area contributed by atoms with Gasteiger partial charge in [-0.1, -0.05) is 0 Å². The molecule has 1 N–H and O–H groups in total. The minimum atomic E-state index is 0.642. The van der Waals surface area contributed by atoms with Crippen molar-refractivity contribution in [3.05, 3.63) is 0 Å². The van der Waals surface area contributed by atoms with Crippen LogP contribution in [0.1, 0.15) is 12.8 Å². The second-order valence-corrected chi connectivity index (χ2v) is 3.83. The Morgan fingerprint density at radius 3 is 2.67 bits per heavy atom. The third-order valence-corrected chi connectivity index (χ3v) is 2.52. The minimum absolute atomic E-state index is 0.642. The van der Waals surface area contributed by atoms with Crippen molar-refractivity contribution >= 4 is 17.2 Å². The molecule has 2 nitrogen and oxygen atoms in total. The SMILES string of the molecule is CN(O)C(=S)CC[CH2][Zn]. The molecule has 0 aromatic heterocycles. The number of hydroxylamine groups is 2. The van der Waals surface area contributed by atoms with E-state index in [4.69, 9.17) is 17.4 Å². The van der Waals surface area contributed by atoms with Crippen LogP contribution in [0.4, 0.5) is 0 Å². The third-order valence-electron chi connectivity index (χ3n) is 1.00. The van der Waals surface area contributed by atoms with Gasteiger partial charge in [0, 0.05) is 0 Å². The molecule has 0 aromatic rings. The molecule has 0 aliphatic heterocycles. The summed E-state index contributed by atoms with van der Waals surface area (Å²) in [5.74, 6) is 0. The maximum absolute atomic E-state index is 8.75. The first-order chi connectivity index (χ1) is 4.18. The van der Waals surface area contributed by atoms with Crippen LogP contribution in [0.25, 0.3) is 0 Å². The van der Waals surface area contributed by atoms with Crippen molar-refractivity contribution in [1.29, 1.82) is 0 Å². The molecule has 0 amide bonds. The number of nitrogens with zero attached hydrogens (tertiary/aromatic N) is 1. The van der Waals surface area contributed by atoms with E-state index in [9.17, 15) is 0 Å². The van der Waals surface area contributed by atoms with Gasteiger partial charge in [0.2, 0.25) is 0 Å². The maximum atomic E-state index is 8.75. The van der Waals surface area contributed by atoms with E-state index in [0.717, 1.165) is 17.9 Å². The fourth-order valence-electron chi connectivity index (χ4n) is 0.438.